The van der Waals surface area contributed by atoms with Gasteiger partial charge in [-0.1, -0.05) is 13.3 Å². The zero-order valence-electron chi connectivity index (χ0n) is 20.6. The summed E-state index contributed by atoms with van der Waals surface area (Å²) in [6, 6.07) is 7.64. The minimum Gasteiger partial charge on any atom is -0.771 e. The van der Waals surface area contributed by atoms with Crippen molar-refractivity contribution in [3.05, 3.63) is 48.7 Å². The van der Waals surface area contributed by atoms with E-state index in [9.17, 15) is 19.1 Å². The van der Waals surface area contributed by atoms with Crippen LogP contribution in [0.1, 0.15) is 31.9 Å². The van der Waals surface area contributed by atoms with Gasteiger partial charge in [0.25, 0.3) is 0 Å². The first kappa shape index (κ1) is 24.5. The van der Waals surface area contributed by atoms with E-state index in [4.69, 9.17) is 9.40 Å². The molecule has 0 saturated carbocycles. The second kappa shape index (κ2) is 9.48. The summed E-state index contributed by atoms with van der Waals surface area (Å²) in [5.41, 5.74) is 2.22. The molecule has 1 aliphatic heterocycles. The number of hydrogen-bond acceptors (Lipinski definition) is 9. The lowest BCUT2D eigenvalue weighted by molar-refractivity contribution is -0.00770. The van der Waals surface area contributed by atoms with Gasteiger partial charge < -0.3 is 19.1 Å². The predicted octanol–water partition coefficient (Wildman–Crippen LogP) is 2.78. The SMILES string of the molecule is CCCC(N1CC(CC#N)(n2cc(-n3c(-c4ccc(CO)o4)nc4cnc5[nH]ccc5c43)cn2)C1)S(=O)[O-]. The molecule has 0 aliphatic carbocycles. The number of aromatic amines is 1. The first-order valence-electron chi connectivity index (χ1n) is 12.3. The molecule has 0 spiro atoms. The second-order valence-corrected chi connectivity index (χ2v) is 10.6. The van der Waals surface area contributed by atoms with Crippen LogP contribution < -0.4 is 0 Å². The fourth-order valence-corrected chi connectivity index (χ4v) is 6.12. The molecule has 0 bridgehead atoms. The minimum atomic E-state index is -2.23. The van der Waals surface area contributed by atoms with Gasteiger partial charge in [0.05, 0.1) is 41.5 Å². The second-order valence-electron chi connectivity index (χ2n) is 9.54. The number of rotatable bonds is 9. The third-order valence-electron chi connectivity index (χ3n) is 7.12. The van der Waals surface area contributed by atoms with Crippen molar-refractivity contribution < 1.29 is 18.3 Å². The lowest BCUT2D eigenvalue weighted by Crippen LogP contribution is -2.66. The zero-order chi connectivity index (χ0) is 26.4. The highest BCUT2D eigenvalue weighted by Crippen LogP contribution is 2.37. The molecule has 1 aliphatic rings. The Labute approximate surface area is 219 Å². The molecule has 5 aromatic rings. The third kappa shape index (κ3) is 3.84. The Bertz CT molecular complexity index is 1690. The number of aromatic nitrogens is 6. The summed E-state index contributed by atoms with van der Waals surface area (Å²) in [6.45, 7) is 2.53. The van der Waals surface area contributed by atoms with E-state index in [0.29, 0.717) is 53.7 Å². The van der Waals surface area contributed by atoms with Crippen molar-refractivity contribution in [3.8, 4) is 23.3 Å². The van der Waals surface area contributed by atoms with E-state index in [0.717, 1.165) is 17.3 Å². The molecule has 6 heterocycles. The summed E-state index contributed by atoms with van der Waals surface area (Å²) >= 11 is -2.23. The molecule has 12 nitrogen and oxygen atoms in total. The van der Waals surface area contributed by atoms with Crippen molar-refractivity contribution >= 4 is 33.1 Å². The largest absolute Gasteiger partial charge is 0.771 e. The maximum Gasteiger partial charge on any atom is 0.182 e. The quantitative estimate of drug-likeness (QED) is 0.271. The fourth-order valence-electron chi connectivity index (χ4n) is 5.30. The first-order valence-corrected chi connectivity index (χ1v) is 13.4. The van der Waals surface area contributed by atoms with Crippen molar-refractivity contribution in [1.82, 2.24) is 34.2 Å². The summed E-state index contributed by atoms with van der Waals surface area (Å²) in [6.07, 6.45) is 8.53. The number of hydrogen-bond donors (Lipinski definition) is 2. The van der Waals surface area contributed by atoms with Gasteiger partial charge in [0.2, 0.25) is 0 Å². The van der Waals surface area contributed by atoms with E-state index in [1.807, 2.05) is 34.9 Å². The van der Waals surface area contributed by atoms with Gasteiger partial charge in [-0.25, -0.2) is 9.97 Å². The highest BCUT2D eigenvalue weighted by Gasteiger charge is 2.48. The van der Waals surface area contributed by atoms with E-state index in [2.05, 4.69) is 21.1 Å². The lowest BCUT2D eigenvalue weighted by atomic mass is 9.86. The summed E-state index contributed by atoms with van der Waals surface area (Å²) < 4.78 is 33.2. The lowest BCUT2D eigenvalue weighted by Gasteiger charge is -2.52. The number of fused-ring (bicyclic) bond motifs is 3. The summed E-state index contributed by atoms with van der Waals surface area (Å²) in [5, 5.41) is 24.1. The van der Waals surface area contributed by atoms with Gasteiger partial charge in [-0.3, -0.25) is 18.4 Å². The van der Waals surface area contributed by atoms with Crippen LogP contribution in [0.5, 0.6) is 0 Å². The average molecular weight is 534 g/mol. The molecular formula is C25H25N8O4S-. The van der Waals surface area contributed by atoms with Crippen LogP contribution >= 0.6 is 0 Å². The number of H-pyrrole nitrogens is 1. The zero-order valence-corrected chi connectivity index (χ0v) is 21.4. The molecule has 38 heavy (non-hydrogen) atoms. The average Bonchev–Trinajstić information content (AvgIpc) is 3.68. The van der Waals surface area contributed by atoms with Crippen molar-refractivity contribution in [2.45, 2.75) is 43.7 Å². The fraction of sp³-hybridized carbons (Fsp3) is 0.360. The molecule has 1 fully saturated rings. The maximum absolute atomic E-state index is 11.8. The van der Waals surface area contributed by atoms with Gasteiger partial charge in [-0.15, -0.1) is 0 Å². The van der Waals surface area contributed by atoms with E-state index in [-0.39, 0.29) is 13.0 Å². The summed E-state index contributed by atoms with van der Waals surface area (Å²) in [5.74, 6) is 1.41. The van der Waals surface area contributed by atoms with Crippen LogP contribution in [-0.4, -0.2) is 66.5 Å². The van der Waals surface area contributed by atoms with Crippen LogP contribution in [0, 0.1) is 11.3 Å². The standard InChI is InChI=1S/C25H26N8O4S/c1-2-3-21(38(35)36)31-14-25(15-31,7-8-26)32-12-16(10-29-32)33-22-18-6-9-27-23(18)28-11-19(22)30-24(33)20-5-4-17(13-34)37-20/h4-6,9-12,21,34H,2-3,7,13-15H2,1H3,(H,27,28)(H,35,36)/p-1. The van der Waals surface area contributed by atoms with Crippen molar-refractivity contribution in [2.24, 2.45) is 0 Å². The molecule has 0 aromatic carbocycles. The number of nitrogens with zero attached hydrogens (tertiary/aromatic N) is 7. The molecule has 196 valence electrons. The van der Waals surface area contributed by atoms with Crippen LogP contribution in [0.4, 0.5) is 0 Å². The first-order chi connectivity index (χ1) is 18.5. The minimum absolute atomic E-state index is 0.191. The van der Waals surface area contributed by atoms with Crippen LogP contribution in [0.3, 0.4) is 0 Å². The molecule has 2 unspecified atom stereocenters. The number of likely N-dealkylation sites (tertiary alicyclic amines) is 1. The van der Waals surface area contributed by atoms with Crippen LogP contribution in [0.15, 0.2) is 47.4 Å². The summed E-state index contributed by atoms with van der Waals surface area (Å²) in [4.78, 5) is 14.3. The number of aliphatic hydroxyl groups is 1. The third-order valence-corrected chi connectivity index (χ3v) is 8.10. The molecule has 6 rings (SSSR count). The monoisotopic (exact) mass is 533 g/mol. The van der Waals surface area contributed by atoms with Crippen molar-refractivity contribution in [3.63, 3.8) is 0 Å². The van der Waals surface area contributed by atoms with Crippen LogP contribution in [-0.2, 0) is 23.2 Å². The van der Waals surface area contributed by atoms with Gasteiger partial charge in [0.15, 0.2) is 11.6 Å². The number of nitriles is 1. The van der Waals surface area contributed by atoms with Gasteiger partial charge >= 0.3 is 0 Å². The molecule has 13 heteroatoms. The molecule has 2 N–H and O–H groups in total. The molecule has 2 atom stereocenters. The van der Waals surface area contributed by atoms with Crippen molar-refractivity contribution in [2.75, 3.05) is 13.1 Å². The molecule has 5 aromatic heterocycles. The predicted molar refractivity (Wildman–Crippen MR) is 138 cm³/mol. The Morgan fingerprint density at radius 1 is 1.34 bits per heavy atom. The van der Waals surface area contributed by atoms with E-state index in [1.54, 1.807) is 29.2 Å². The number of aliphatic hydroxyl groups excluding tert-OH is 1. The van der Waals surface area contributed by atoms with Crippen LogP contribution in [0.2, 0.25) is 0 Å². The van der Waals surface area contributed by atoms with E-state index < -0.39 is 22.0 Å². The van der Waals surface area contributed by atoms with E-state index >= 15 is 0 Å². The van der Waals surface area contributed by atoms with Crippen LogP contribution in [0.25, 0.3) is 39.3 Å². The Balaban J connectivity index is 1.45. The number of nitrogens with one attached hydrogen (secondary N) is 1. The Kier molecular flexibility index (Phi) is 6.11. The molecule has 1 saturated heterocycles. The smallest absolute Gasteiger partial charge is 0.182 e. The number of pyridine rings is 1. The molecule has 0 amide bonds. The van der Waals surface area contributed by atoms with Gasteiger partial charge in [-0.05, 0) is 35.7 Å². The molecule has 0 radical (unpaired) electrons. The van der Waals surface area contributed by atoms with Gasteiger partial charge in [0, 0.05) is 30.9 Å². The van der Waals surface area contributed by atoms with Crippen molar-refractivity contribution in [1.29, 1.82) is 5.26 Å². The number of imidazole rings is 1. The Hall–Kier alpha value is -3.83. The van der Waals surface area contributed by atoms with Gasteiger partial charge in [0.1, 0.15) is 29.1 Å². The Morgan fingerprint density at radius 2 is 2.18 bits per heavy atom. The maximum atomic E-state index is 11.8. The Morgan fingerprint density at radius 3 is 2.89 bits per heavy atom. The number of furan rings is 1. The summed E-state index contributed by atoms with van der Waals surface area (Å²) in [7, 11) is 0. The highest BCUT2D eigenvalue weighted by atomic mass is 32.2. The normalized spacial score (nSPS) is 17.0. The van der Waals surface area contributed by atoms with Gasteiger partial charge in [-0.2, -0.15) is 10.4 Å². The highest BCUT2D eigenvalue weighted by molar-refractivity contribution is 7.79. The van der Waals surface area contributed by atoms with E-state index in [1.165, 1.54) is 0 Å². The topological polar surface area (TPSA) is 165 Å². The molecular weight excluding hydrogens is 508 g/mol.